The van der Waals surface area contributed by atoms with Gasteiger partial charge in [0.2, 0.25) is 0 Å². The van der Waals surface area contributed by atoms with Gasteiger partial charge in [0.25, 0.3) is 5.91 Å². The van der Waals surface area contributed by atoms with Crippen LogP contribution in [0, 0.1) is 6.92 Å². The van der Waals surface area contributed by atoms with Crippen LogP contribution in [0.5, 0.6) is 0 Å². The predicted octanol–water partition coefficient (Wildman–Crippen LogP) is 4.68. The van der Waals surface area contributed by atoms with Crippen molar-refractivity contribution in [2.45, 2.75) is 6.92 Å². The number of nitrogens with zero attached hydrogens (tertiary/aromatic N) is 5. The summed E-state index contributed by atoms with van der Waals surface area (Å²) in [7, 11) is 0. The average molecular weight is 443 g/mol. The molecule has 0 bridgehead atoms. The van der Waals surface area contributed by atoms with Gasteiger partial charge >= 0.3 is 0 Å². The Morgan fingerprint density at radius 1 is 1.06 bits per heavy atom. The fourth-order valence-electron chi connectivity index (χ4n) is 3.03. The van der Waals surface area contributed by atoms with Crippen LogP contribution in [-0.4, -0.2) is 30.8 Å². The Hall–Kier alpha value is -4.31. The Bertz CT molecular complexity index is 1340. The zero-order valence-electron chi connectivity index (χ0n) is 16.9. The van der Waals surface area contributed by atoms with Gasteiger partial charge < -0.3 is 15.2 Å². The number of aromatic nitrogens is 5. The molecule has 10 heteroatoms. The fraction of sp³-hybridized carbons (Fsp3) is 0.0455. The Morgan fingerprint density at radius 2 is 1.91 bits per heavy atom. The molecule has 1 amide bonds. The second-order valence-electron chi connectivity index (χ2n) is 6.82. The number of anilines is 3. The highest BCUT2D eigenvalue weighted by Crippen LogP contribution is 2.25. The van der Waals surface area contributed by atoms with Crippen LogP contribution in [0.4, 0.5) is 17.2 Å². The van der Waals surface area contributed by atoms with Crippen LogP contribution >= 0.6 is 11.3 Å². The lowest BCUT2D eigenvalue weighted by Gasteiger charge is -2.10. The molecule has 4 aromatic heterocycles. The summed E-state index contributed by atoms with van der Waals surface area (Å²) in [5.74, 6) is 2.16. The van der Waals surface area contributed by atoms with Gasteiger partial charge in [0.15, 0.2) is 17.3 Å². The standard InChI is InChI=1S/C22H17N7O2S/c1-14-24-20(13-21(25-14)29-10-3-9-23-29)26-15-5-7-16(8-6-15)27-22(30)17-12-18(31-28-17)19-4-2-11-32-19/h2-13H,1H3,(H,27,30)(H,24,25,26). The number of carbonyl (C=O) groups is 1. The van der Waals surface area contributed by atoms with Gasteiger partial charge in [-0.3, -0.25) is 4.79 Å². The first-order valence-corrected chi connectivity index (χ1v) is 10.6. The first kappa shape index (κ1) is 19.6. The van der Waals surface area contributed by atoms with E-state index in [-0.39, 0.29) is 11.6 Å². The molecule has 0 aliphatic rings. The largest absolute Gasteiger partial charge is 0.355 e. The normalized spacial score (nSPS) is 10.8. The van der Waals surface area contributed by atoms with Crippen molar-refractivity contribution in [2.24, 2.45) is 0 Å². The molecule has 0 fully saturated rings. The molecule has 1 aromatic carbocycles. The molecule has 0 saturated carbocycles. The number of carbonyl (C=O) groups excluding carboxylic acids is 1. The molecule has 0 aliphatic heterocycles. The molecule has 0 aliphatic carbocycles. The monoisotopic (exact) mass is 443 g/mol. The van der Waals surface area contributed by atoms with Crippen LogP contribution in [0.2, 0.25) is 0 Å². The van der Waals surface area contributed by atoms with E-state index in [2.05, 4.69) is 30.9 Å². The molecule has 0 saturated heterocycles. The van der Waals surface area contributed by atoms with Gasteiger partial charge in [-0.15, -0.1) is 11.3 Å². The number of benzene rings is 1. The summed E-state index contributed by atoms with van der Waals surface area (Å²) in [6.07, 6.45) is 3.51. The molecule has 0 radical (unpaired) electrons. The number of amides is 1. The van der Waals surface area contributed by atoms with Gasteiger partial charge in [0.05, 0.1) is 4.88 Å². The molecule has 0 unspecified atom stereocenters. The maximum Gasteiger partial charge on any atom is 0.277 e. The second kappa shape index (κ2) is 8.44. The smallest absolute Gasteiger partial charge is 0.277 e. The molecule has 0 atom stereocenters. The van der Waals surface area contributed by atoms with Gasteiger partial charge in [0, 0.05) is 35.9 Å². The lowest BCUT2D eigenvalue weighted by Crippen LogP contribution is -2.12. The van der Waals surface area contributed by atoms with E-state index in [1.54, 1.807) is 29.1 Å². The zero-order valence-corrected chi connectivity index (χ0v) is 17.7. The van der Waals surface area contributed by atoms with Crippen molar-refractivity contribution in [1.82, 2.24) is 24.9 Å². The average Bonchev–Trinajstić information content (AvgIpc) is 3.57. The molecule has 2 N–H and O–H groups in total. The number of hydrogen-bond donors (Lipinski definition) is 2. The first-order chi connectivity index (χ1) is 15.6. The molecule has 5 rings (SSSR count). The molecular formula is C22H17N7O2S. The summed E-state index contributed by atoms with van der Waals surface area (Å²) in [5, 5.41) is 16.1. The zero-order chi connectivity index (χ0) is 21.9. The number of thiophene rings is 1. The fourth-order valence-corrected chi connectivity index (χ4v) is 3.71. The van der Waals surface area contributed by atoms with E-state index in [1.165, 1.54) is 11.3 Å². The molecular weight excluding hydrogens is 426 g/mol. The third-order valence-corrected chi connectivity index (χ3v) is 5.37. The molecule has 158 valence electrons. The van der Waals surface area contributed by atoms with Gasteiger partial charge in [-0.1, -0.05) is 11.2 Å². The van der Waals surface area contributed by atoms with E-state index in [4.69, 9.17) is 4.52 Å². The summed E-state index contributed by atoms with van der Waals surface area (Å²) in [4.78, 5) is 22.2. The summed E-state index contributed by atoms with van der Waals surface area (Å²) in [6, 6.07) is 16.4. The van der Waals surface area contributed by atoms with E-state index in [0.29, 0.717) is 28.9 Å². The van der Waals surface area contributed by atoms with Crippen LogP contribution in [0.1, 0.15) is 16.3 Å². The Balaban J connectivity index is 1.26. The number of aryl methyl sites for hydroxylation is 1. The third kappa shape index (κ3) is 4.25. The third-order valence-electron chi connectivity index (χ3n) is 4.49. The van der Waals surface area contributed by atoms with Crippen molar-refractivity contribution < 1.29 is 9.32 Å². The van der Waals surface area contributed by atoms with E-state index in [1.807, 2.05) is 54.9 Å². The number of rotatable bonds is 6. The first-order valence-electron chi connectivity index (χ1n) is 9.69. The Labute approximate surface area is 186 Å². The van der Waals surface area contributed by atoms with Crippen LogP contribution in [-0.2, 0) is 0 Å². The SMILES string of the molecule is Cc1nc(Nc2ccc(NC(=O)c3cc(-c4cccs4)on3)cc2)cc(-n2cccn2)n1. The van der Waals surface area contributed by atoms with Crippen LogP contribution in [0.15, 0.2) is 76.9 Å². The number of hydrogen-bond acceptors (Lipinski definition) is 8. The second-order valence-corrected chi connectivity index (χ2v) is 7.77. The van der Waals surface area contributed by atoms with Crippen molar-refractivity contribution >= 4 is 34.4 Å². The van der Waals surface area contributed by atoms with Crippen molar-refractivity contribution in [1.29, 1.82) is 0 Å². The van der Waals surface area contributed by atoms with Crippen LogP contribution < -0.4 is 10.6 Å². The van der Waals surface area contributed by atoms with Crippen molar-refractivity contribution in [3.8, 4) is 16.5 Å². The minimum atomic E-state index is -0.340. The summed E-state index contributed by atoms with van der Waals surface area (Å²) < 4.78 is 6.94. The van der Waals surface area contributed by atoms with Crippen molar-refractivity contribution in [3.63, 3.8) is 0 Å². The van der Waals surface area contributed by atoms with E-state index >= 15 is 0 Å². The van der Waals surface area contributed by atoms with Gasteiger partial charge in [-0.2, -0.15) is 5.10 Å². The number of nitrogens with one attached hydrogen (secondary N) is 2. The Kier molecular flexibility index (Phi) is 5.18. The topological polar surface area (TPSA) is 111 Å². The van der Waals surface area contributed by atoms with Crippen LogP contribution in [0.3, 0.4) is 0 Å². The highest BCUT2D eigenvalue weighted by molar-refractivity contribution is 7.13. The van der Waals surface area contributed by atoms with E-state index in [0.717, 1.165) is 10.6 Å². The van der Waals surface area contributed by atoms with Crippen molar-refractivity contribution in [3.05, 3.63) is 83.9 Å². The van der Waals surface area contributed by atoms with E-state index in [9.17, 15) is 4.79 Å². The maximum atomic E-state index is 12.5. The minimum absolute atomic E-state index is 0.221. The highest BCUT2D eigenvalue weighted by Gasteiger charge is 2.14. The summed E-state index contributed by atoms with van der Waals surface area (Å²) >= 11 is 1.52. The minimum Gasteiger partial charge on any atom is -0.355 e. The molecule has 9 nitrogen and oxygen atoms in total. The highest BCUT2D eigenvalue weighted by atomic mass is 32.1. The summed E-state index contributed by atoms with van der Waals surface area (Å²) in [6.45, 7) is 1.82. The van der Waals surface area contributed by atoms with Crippen LogP contribution in [0.25, 0.3) is 16.5 Å². The van der Waals surface area contributed by atoms with Gasteiger partial charge in [0.1, 0.15) is 11.6 Å². The quantitative estimate of drug-likeness (QED) is 0.392. The summed E-state index contributed by atoms with van der Waals surface area (Å²) in [5.41, 5.74) is 1.67. The molecule has 0 spiro atoms. The van der Waals surface area contributed by atoms with Crippen molar-refractivity contribution in [2.75, 3.05) is 10.6 Å². The molecule has 32 heavy (non-hydrogen) atoms. The maximum absolute atomic E-state index is 12.5. The van der Waals surface area contributed by atoms with Gasteiger partial charge in [-0.05, 0) is 48.7 Å². The lowest BCUT2D eigenvalue weighted by molar-refractivity contribution is 0.101. The molecule has 5 aromatic rings. The predicted molar refractivity (Wildman–Crippen MR) is 121 cm³/mol. The van der Waals surface area contributed by atoms with E-state index < -0.39 is 0 Å². The van der Waals surface area contributed by atoms with Gasteiger partial charge in [-0.25, -0.2) is 14.6 Å². The Morgan fingerprint density at radius 3 is 2.66 bits per heavy atom. The molecule has 4 heterocycles. The lowest BCUT2D eigenvalue weighted by atomic mass is 10.2.